The molecule has 0 unspecified atom stereocenters. The lowest BCUT2D eigenvalue weighted by Gasteiger charge is -2.46. The second-order valence-corrected chi connectivity index (χ2v) is 6.73. The van der Waals surface area contributed by atoms with E-state index in [2.05, 4.69) is 53.5 Å². The lowest BCUT2D eigenvalue weighted by molar-refractivity contribution is 0.127. The second kappa shape index (κ2) is 3.96. The zero-order valence-corrected chi connectivity index (χ0v) is 11.9. The van der Waals surface area contributed by atoms with E-state index in [9.17, 15) is 0 Å². The van der Waals surface area contributed by atoms with Crippen LogP contribution in [0, 0.1) is 0 Å². The molecular weight excluding hydrogens is 240 g/mol. The van der Waals surface area contributed by atoms with Gasteiger partial charge in [-0.3, -0.25) is 0 Å². The summed E-state index contributed by atoms with van der Waals surface area (Å²) in [5.74, 6) is 0. The maximum atomic E-state index is 4.29. The molecule has 0 saturated carbocycles. The smallest absolute Gasteiger partial charge is 0.201 e. The summed E-state index contributed by atoms with van der Waals surface area (Å²) >= 11 is 0. The lowest BCUT2D eigenvalue weighted by atomic mass is 9.80. The molecule has 0 aromatic carbocycles. The highest BCUT2D eigenvalue weighted by molar-refractivity contribution is 5.68. The van der Waals surface area contributed by atoms with Gasteiger partial charge in [-0.05, 0) is 46.6 Å². The minimum absolute atomic E-state index is 0.0763. The van der Waals surface area contributed by atoms with Gasteiger partial charge in [0.1, 0.15) is 5.52 Å². The van der Waals surface area contributed by atoms with Crippen molar-refractivity contribution in [2.24, 2.45) is 0 Å². The average Bonchev–Trinajstić information content (AvgIpc) is 2.68. The molecule has 0 amide bonds. The third-order valence-electron chi connectivity index (χ3n) is 3.66. The minimum Gasteiger partial charge on any atom is -0.307 e. The van der Waals surface area contributed by atoms with E-state index in [4.69, 9.17) is 0 Å². The first-order chi connectivity index (χ1) is 8.86. The van der Waals surface area contributed by atoms with Crippen molar-refractivity contribution in [3.05, 3.63) is 12.3 Å². The van der Waals surface area contributed by atoms with E-state index in [0.29, 0.717) is 6.04 Å². The van der Waals surface area contributed by atoms with Gasteiger partial charge in [-0.25, -0.2) is 4.68 Å². The molecule has 3 heterocycles. The summed E-state index contributed by atoms with van der Waals surface area (Å²) < 4.78 is 1.94. The van der Waals surface area contributed by atoms with Gasteiger partial charge in [0.05, 0.1) is 12.2 Å². The third-order valence-corrected chi connectivity index (χ3v) is 3.66. The van der Waals surface area contributed by atoms with Gasteiger partial charge in [0.2, 0.25) is 5.65 Å². The number of hydrogen-bond acceptors (Lipinski definition) is 5. The SMILES string of the molecule is CC1(C)CC(n2nnc3ccnnc32)CC(C)(C)N1. The molecule has 3 rings (SSSR count). The van der Waals surface area contributed by atoms with Crippen LogP contribution in [0.5, 0.6) is 0 Å². The van der Waals surface area contributed by atoms with E-state index >= 15 is 0 Å². The van der Waals surface area contributed by atoms with Crippen LogP contribution in [0.15, 0.2) is 12.3 Å². The largest absolute Gasteiger partial charge is 0.307 e. The van der Waals surface area contributed by atoms with Crippen LogP contribution in [-0.4, -0.2) is 36.3 Å². The molecule has 0 spiro atoms. The van der Waals surface area contributed by atoms with Crippen LogP contribution < -0.4 is 5.32 Å². The maximum absolute atomic E-state index is 4.29. The van der Waals surface area contributed by atoms with Gasteiger partial charge in [0, 0.05) is 11.1 Å². The molecule has 0 bridgehead atoms. The summed E-state index contributed by atoms with van der Waals surface area (Å²) in [6, 6.07) is 2.15. The zero-order chi connectivity index (χ0) is 13.7. The third kappa shape index (κ3) is 2.32. The first-order valence-corrected chi connectivity index (χ1v) is 6.68. The minimum atomic E-state index is 0.0763. The molecule has 1 fully saturated rings. The van der Waals surface area contributed by atoms with Gasteiger partial charge in [-0.2, -0.15) is 5.10 Å². The average molecular weight is 260 g/mol. The van der Waals surface area contributed by atoms with E-state index in [-0.39, 0.29) is 11.1 Å². The normalized spacial score (nSPS) is 22.7. The fourth-order valence-electron chi connectivity index (χ4n) is 3.38. The van der Waals surface area contributed by atoms with Crippen molar-refractivity contribution in [2.45, 2.75) is 57.7 Å². The molecule has 6 heteroatoms. The molecule has 1 aliphatic heterocycles. The molecule has 102 valence electrons. The Hall–Kier alpha value is -1.56. The van der Waals surface area contributed by atoms with E-state index < -0.39 is 0 Å². The fourth-order valence-corrected chi connectivity index (χ4v) is 3.38. The van der Waals surface area contributed by atoms with Crippen LogP contribution in [0.25, 0.3) is 11.2 Å². The molecule has 0 radical (unpaired) electrons. The quantitative estimate of drug-likeness (QED) is 0.845. The molecule has 2 aromatic rings. The highest BCUT2D eigenvalue weighted by atomic mass is 15.5. The molecule has 19 heavy (non-hydrogen) atoms. The molecule has 1 aliphatic rings. The second-order valence-electron chi connectivity index (χ2n) is 6.73. The predicted molar refractivity (Wildman–Crippen MR) is 72.7 cm³/mol. The Bertz CT molecular complexity index is 584. The summed E-state index contributed by atoms with van der Waals surface area (Å²) in [6.45, 7) is 8.91. The predicted octanol–water partition coefficient (Wildman–Crippen LogP) is 1.70. The number of fused-ring (bicyclic) bond motifs is 1. The Morgan fingerprint density at radius 2 is 1.84 bits per heavy atom. The molecule has 6 nitrogen and oxygen atoms in total. The Kier molecular flexibility index (Phi) is 2.60. The van der Waals surface area contributed by atoms with Gasteiger partial charge in [-0.15, -0.1) is 10.2 Å². The van der Waals surface area contributed by atoms with Gasteiger partial charge < -0.3 is 5.32 Å². The molecule has 2 aromatic heterocycles. The maximum Gasteiger partial charge on any atom is 0.201 e. The van der Waals surface area contributed by atoms with Crippen molar-refractivity contribution in [1.82, 2.24) is 30.5 Å². The van der Waals surface area contributed by atoms with E-state index in [1.165, 1.54) is 0 Å². The van der Waals surface area contributed by atoms with E-state index in [1.54, 1.807) is 6.20 Å². The molecule has 0 aliphatic carbocycles. The number of rotatable bonds is 1. The van der Waals surface area contributed by atoms with Gasteiger partial charge in [0.25, 0.3) is 0 Å². The highest BCUT2D eigenvalue weighted by Crippen LogP contribution is 2.36. The van der Waals surface area contributed by atoms with Crippen molar-refractivity contribution in [2.75, 3.05) is 0 Å². The van der Waals surface area contributed by atoms with E-state index in [0.717, 1.165) is 24.0 Å². The summed E-state index contributed by atoms with van der Waals surface area (Å²) in [7, 11) is 0. The van der Waals surface area contributed by atoms with Crippen molar-refractivity contribution in [3.63, 3.8) is 0 Å². The van der Waals surface area contributed by atoms with Gasteiger partial charge >= 0.3 is 0 Å². The van der Waals surface area contributed by atoms with Gasteiger partial charge in [-0.1, -0.05) is 5.21 Å². The number of hydrogen-bond donors (Lipinski definition) is 1. The molecule has 1 saturated heterocycles. The number of nitrogens with one attached hydrogen (secondary N) is 1. The van der Waals surface area contributed by atoms with Crippen molar-refractivity contribution in [3.8, 4) is 0 Å². The van der Waals surface area contributed by atoms with Crippen molar-refractivity contribution in [1.29, 1.82) is 0 Å². The summed E-state index contributed by atoms with van der Waals surface area (Å²) in [5, 5.41) is 20.3. The topological polar surface area (TPSA) is 68.5 Å². The Labute approximate surface area is 112 Å². The first kappa shape index (κ1) is 12.5. The fraction of sp³-hybridized carbons (Fsp3) is 0.692. The van der Waals surface area contributed by atoms with Crippen LogP contribution in [-0.2, 0) is 0 Å². The monoisotopic (exact) mass is 260 g/mol. The van der Waals surface area contributed by atoms with Crippen LogP contribution >= 0.6 is 0 Å². The van der Waals surface area contributed by atoms with Crippen LogP contribution in [0.2, 0.25) is 0 Å². The standard InChI is InChI=1S/C13H20N6/c1-12(2)7-9(8-13(3,4)17-12)19-11-10(15-18-19)5-6-14-16-11/h5-6,9,17H,7-8H2,1-4H3. The number of piperidine rings is 1. The van der Waals surface area contributed by atoms with E-state index in [1.807, 2.05) is 10.7 Å². The number of nitrogens with zero attached hydrogens (tertiary/aromatic N) is 5. The Morgan fingerprint density at radius 1 is 1.16 bits per heavy atom. The highest BCUT2D eigenvalue weighted by Gasteiger charge is 2.39. The van der Waals surface area contributed by atoms with Crippen LogP contribution in [0.1, 0.15) is 46.6 Å². The van der Waals surface area contributed by atoms with Gasteiger partial charge in [0.15, 0.2) is 0 Å². The molecular formula is C13H20N6. The first-order valence-electron chi connectivity index (χ1n) is 6.68. The molecule has 0 atom stereocenters. The Morgan fingerprint density at radius 3 is 2.53 bits per heavy atom. The lowest BCUT2D eigenvalue weighted by Crippen LogP contribution is -2.58. The summed E-state index contributed by atoms with van der Waals surface area (Å²) in [6.07, 6.45) is 3.66. The zero-order valence-electron chi connectivity index (χ0n) is 11.9. The van der Waals surface area contributed by atoms with Crippen molar-refractivity contribution >= 4 is 11.2 Å². The Balaban J connectivity index is 2.01. The van der Waals surface area contributed by atoms with Crippen LogP contribution in [0.4, 0.5) is 0 Å². The number of aromatic nitrogens is 5. The molecule has 1 N–H and O–H groups in total. The van der Waals surface area contributed by atoms with Crippen molar-refractivity contribution < 1.29 is 0 Å². The summed E-state index contributed by atoms with van der Waals surface area (Å²) in [5.41, 5.74) is 1.74. The van der Waals surface area contributed by atoms with Crippen LogP contribution in [0.3, 0.4) is 0 Å². The summed E-state index contributed by atoms with van der Waals surface area (Å²) in [4.78, 5) is 0.